The van der Waals surface area contributed by atoms with Gasteiger partial charge in [-0.15, -0.1) is 0 Å². The van der Waals surface area contributed by atoms with Gasteiger partial charge in [0, 0.05) is 13.1 Å². The molecule has 1 fully saturated rings. The molecular formula is C13H23NO5. The molecule has 3 atom stereocenters. The van der Waals surface area contributed by atoms with Crippen molar-refractivity contribution in [3.8, 4) is 0 Å². The van der Waals surface area contributed by atoms with Gasteiger partial charge in [0.2, 0.25) is 5.91 Å². The largest absolute Gasteiger partial charge is 0.481 e. The zero-order valence-electron chi connectivity index (χ0n) is 11.3. The second kappa shape index (κ2) is 7.45. The Kier molecular flexibility index (Phi) is 6.24. The number of carbonyl (C=O) groups is 2. The first kappa shape index (κ1) is 15.9. The number of aliphatic carboxylic acids is 1. The second-order valence-corrected chi connectivity index (χ2v) is 5.07. The van der Waals surface area contributed by atoms with Gasteiger partial charge in [-0.2, -0.15) is 0 Å². The Bertz CT molecular complexity index is 314. The molecule has 0 bridgehead atoms. The molecule has 1 amide bonds. The number of hydrogen-bond acceptors (Lipinski definition) is 4. The normalized spacial score (nSPS) is 26.4. The number of aliphatic hydroxyl groups excluding tert-OH is 2. The number of aliphatic hydroxyl groups is 2. The highest BCUT2D eigenvalue weighted by molar-refractivity contribution is 5.85. The molecule has 6 nitrogen and oxygen atoms in total. The summed E-state index contributed by atoms with van der Waals surface area (Å²) < 4.78 is 0. The van der Waals surface area contributed by atoms with Gasteiger partial charge >= 0.3 is 5.97 Å². The van der Waals surface area contributed by atoms with E-state index in [1.165, 1.54) is 4.90 Å². The second-order valence-electron chi connectivity index (χ2n) is 5.07. The van der Waals surface area contributed by atoms with E-state index in [1.54, 1.807) is 0 Å². The van der Waals surface area contributed by atoms with Crippen molar-refractivity contribution in [1.29, 1.82) is 0 Å². The van der Waals surface area contributed by atoms with Gasteiger partial charge in [-0.05, 0) is 18.8 Å². The quantitative estimate of drug-likeness (QED) is 0.603. The molecule has 0 aromatic carbocycles. The molecule has 3 N–H and O–H groups in total. The van der Waals surface area contributed by atoms with Crippen LogP contribution in [0.25, 0.3) is 0 Å². The van der Waals surface area contributed by atoms with Crippen molar-refractivity contribution in [1.82, 2.24) is 4.90 Å². The molecule has 0 spiro atoms. The predicted molar refractivity (Wildman–Crippen MR) is 68.4 cm³/mol. The third-order valence-electron chi connectivity index (χ3n) is 3.92. The van der Waals surface area contributed by atoms with Crippen LogP contribution in [-0.4, -0.2) is 58.4 Å². The fourth-order valence-corrected chi connectivity index (χ4v) is 2.83. The van der Waals surface area contributed by atoms with Crippen molar-refractivity contribution >= 4 is 11.9 Å². The van der Waals surface area contributed by atoms with E-state index in [1.807, 2.05) is 6.92 Å². The van der Waals surface area contributed by atoms with Gasteiger partial charge in [0.15, 0.2) is 0 Å². The summed E-state index contributed by atoms with van der Waals surface area (Å²) >= 11 is 0. The maximum Gasteiger partial charge on any atom is 0.307 e. The number of nitrogens with zero attached hydrogens (tertiary/aromatic N) is 1. The molecular weight excluding hydrogens is 250 g/mol. The molecule has 1 rings (SSSR count). The van der Waals surface area contributed by atoms with Crippen LogP contribution in [0.3, 0.4) is 0 Å². The Morgan fingerprint density at radius 1 is 1.11 bits per heavy atom. The summed E-state index contributed by atoms with van der Waals surface area (Å²) in [5.74, 6) is -2.09. The van der Waals surface area contributed by atoms with Crippen molar-refractivity contribution in [2.75, 3.05) is 26.3 Å². The van der Waals surface area contributed by atoms with Crippen molar-refractivity contribution in [3.05, 3.63) is 0 Å². The van der Waals surface area contributed by atoms with Crippen LogP contribution >= 0.6 is 0 Å². The predicted octanol–water partition coefficient (Wildman–Crippen LogP) is -0.0634. The summed E-state index contributed by atoms with van der Waals surface area (Å²) in [6, 6.07) is 0. The van der Waals surface area contributed by atoms with Crippen LogP contribution in [0.4, 0.5) is 0 Å². The van der Waals surface area contributed by atoms with Crippen molar-refractivity contribution in [3.63, 3.8) is 0 Å². The fourth-order valence-electron chi connectivity index (χ4n) is 2.83. The van der Waals surface area contributed by atoms with Crippen molar-refractivity contribution in [2.24, 2.45) is 17.8 Å². The summed E-state index contributed by atoms with van der Waals surface area (Å²) in [5.41, 5.74) is 0. The molecule has 6 heteroatoms. The SMILES string of the molecule is CCC1C[C@H](C(=O)N(CCO)CCO)[C@H](C(=O)O)C1. The third-order valence-corrected chi connectivity index (χ3v) is 3.92. The lowest BCUT2D eigenvalue weighted by atomic mass is 9.94. The zero-order valence-corrected chi connectivity index (χ0v) is 11.3. The first-order valence-corrected chi connectivity index (χ1v) is 6.78. The first-order valence-electron chi connectivity index (χ1n) is 6.78. The maximum atomic E-state index is 12.3. The maximum absolute atomic E-state index is 12.3. The van der Waals surface area contributed by atoms with Crippen LogP contribution in [0, 0.1) is 17.8 Å². The Balaban J connectivity index is 2.79. The average molecular weight is 273 g/mol. The van der Waals surface area contributed by atoms with Gasteiger partial charge in [0.05, 0.1) is 25.0 Å². The van der Waals surface area contributed by atoms with E-state index in [-0.39, 0.29) is 38.1 Å². The van der Waals surface area contributed by atoms with Gasteiger partial charge < -0.3 is 20.2 Å². The minimum Gasteiger partial charge on any atom is -0.481 e. The van der Waals surface area contributed by atoms with Crippen molar-refractivity contribution < 1.29 is 24.9 Å². The van der Waals surface area contributed by atoms with E-state index >= 15 is 0 Å². The summed E-state index contributed by atoms with van der Waals surface area (Å²) in [7, 11) is 0. The highest BCUT2D eigenvalue weighted by Gasteiger charge is 2.43. The lowest BCUT2D eigenvalue weighted by Crippen LogP contribution is -2.42. The minimum absolute atomic E-state index is 0.138. The summed E-state index contributed by atoms with van der Waals surface area (Å²) in [6.07, 6.45) is 1.99. The van der Waals surface area contributed by atoms with Crippen LogP contribution in [0.5, 0.6) is 0 Å². The Morgan fingerprint density at radius 3 is 2.05 bits per heavy atom. The Hall–Kier alpha value is -1.14. The molecule has 1 saturated carbocycles. The molecule has 0 heterocycles. The Labute approximate surface area is 113 Å². The number of hydrogen-bond donors (Lipinski definition) is 3. The molecule has 0 radical (unpaired) electrons. The molecule has 1 aliphatic carbocycles. The number of carboxylic acids is 1. The lowest BCUT2D eigenvalue weighted by molar-refractivity contribution is -0.149. The third kappa shape index (κ3) is 3.91. The molecule has 1 unspecified atom stereocenters. The minimum atomic E-state index is -0.928. The average Bonchev–Trinajstić information content (AvgIpc) is 2.82. The smallest absolute Gasteiger partial charge is 0.307 e. The van der Waals surface area contributed by atoms with Crippen molar-refractivity contribution in [2.45, 2.75) is 26.2 Å². The number of carbonyl (C=O) groups excluding carboxylic acids is 1. The summed E-state index contributed by atoms with van der Waals surface area (Å²) in [5, 5.41) is 27.1. The number of rotatable bonds is 7. The molecule has 0 aromatic rings. The number of amides is 1. The van der Waals surface area contributed by atoms with Gasteiger partial charge in [-0.25, -0.2) is 0 Å². The van der Waals surface area contributed by atoms with Crippen LogP contribution in [0.15, 0.2) is 0 Å². The zero-order chi connectivity index (χ0) is 14.4. The van der Waals surface area contributed by atoms with Crippen LogP contribution in [-0.2, 0) is 9.59 Å². The van der Waals surface area contributed by atoms with Gasteiger partial charge in [0.25, 0.3) is 0 Å². The summed E-state index contributed by atoms with van der Waals surface area (Å²) in [6.45, 7) is 1.90. The standard InChI is InChI=1S/C13H23NO5/c1-2-9-7-10(11(8-9)13(18)19)12(17)14(3-5-15)4-6-16/h9-11,15-16H,2-8H2,1H3,(H,18,19)/t9?,10-,11+/m0/s1. The molecule has 0 aliphatic heterocycles. The molecule has 110 valence electrons. The molecule has 19 heavy (non-hydrogen) atoms. The van der Waals surface area contributed by atoms with E-state index in [4.69, 9.17) is 10.2 Å². The molecule has 1 aliphatic rings. The highest BCUT2D eigenvalue weighted by Crippen LogP contribution is 2.39. The summed E-state index contributed by atoms with van der Waals surface area (Å²) in [4.78, 5) is 24.9. The van der Waals surface area contributed by atoms with E-state index in [9.17, 15) is 14.7 Å². The van der Waals surface area contributed by atoms with Gasteiger partial charge in [-0.3, -0.25) is 9.59 Å². The van der Waals surface area contributed by atoms with Gasteiger partial charge in [0.1, 0.15) is 0 Å². The van der Waals surface area contributed by atoms with E-state index in [0.717, 1.165) is 6.42 Å². The van der Waals surface area contributed by atoms with Gasteiger partial charge in [-0.1, -0.05) is 13.3 Å². The van der Waals surface area contributed by atoms with E-state index in [2.05, 4.69) is 0 Å². The highest BCUT2D eigenvalue weighted by atomic mass is 16.4. The van der Waals surface area contributed by atoms with Crippen LogP contribution in [0.2, 0.25) is 0 Å². The lowest BCUT2D eigenvalue weighted by Gasteiger charge is -2.26. The van der Waals surface area contributed by atoms with E-state index < -0.39 is 17.8 Å². The topological polar surface area (TPSA) is 98.1 Å². The molecule has 0 saturated heterocycles. The number of carboxylic acid groups (broad SMARTS) is 1. The first-order chi connectivity index (χ1) is 9.04. The molecule has 0 aromatic heterocycles. The van der Waals surface area contributed by atoms with Crippen LogP contribution in [0.1, 0.15) is 26.2 Å². The Morgan fingerprint density at radius 2 is 1.63 bits per heavy atom. The monoisotopic (exact) mass is 273 g/mol. The fraction of sp³-hybridized carbons (Fsp3) is 0.846. The van der Waals surface area contributed by atoms with Crippen LogP contribution < -0.4 is 0 Å². The van der Waals surface area contributed by atoms with E-state index in [0.29, 0.717) is 12.8 Å².